The molecule has 34 heavy (non-hydrogen) atoms. The molecule has 2 aromatic heterocycles. The van der Waals surface area contributed by atoms with Gasteiger partial charge in [-0.25, -0.2) is 4.98 Å². The van der Waals surface area contributed by atoms with Crippen molar-refractivity contribution < 1.29 is 23.8 Å². The van der Waals surface area contributed by atoms with Gasteiger partial charge in [0, 0.05) is 11.8 Å². The maximum atomic E-state index is 12.4. The number of ether oxygens (including phenoxy) is 1. The molecule has 1 aliphatic rings. The molecule has 178 valence electrons. The molecule has 1 saturated carbocycles. The molecule has 3 N–H and O–H groups in total. The Morgan fingerprint density at radius 3 is 2.35 bits per heavy atom. The molecule has 2 heterocycles. The van der Waals surface area contributed by atoms with E-state index in [-0.39, 0.29) is 23.9 Å². The molecule has 3 aromatic rings. The second-order valence-corrected chi connectivity index (χ2v) is 8.58. The van der Waals surface area contributed by atoms with Gasteiger partial charge in [-0.3, -0.25) is 9.59 Å². The normalized spacial score (nSPS) is 17.9. The quantitative estimate of drug-likeness (QED) is 0.435. The Morgan fingerprint density at radius 1 is 1.03 bits per heavy atom. The molecule has 0 atom stereocenters. The third kappa shape index (κ3) is 5.89. The van der Waals surface area contributed by atoms with Gasteiger partial charge in [-0.1, -0.05) is 31.1 Å². The summed E-state index contributed by atoms with van der Waals surface area (Å²) in [4.78, 5) is 27.7. The lowest BCUT2D eigenvalue weighted by atomic mass is 9.87. The van der Waals surface area contributed by atoms with Crippen LogP contribution in [0.5, 0.6) is 5.88 Å². The van der Waals surface area contributed by atoms with E-state index in [0.717, 1.165) is 5.69 Å². The third-order valence-corrected chi connectivity index (χ3v) is 5.75. The minimum atomic E-state index is -0.749. The molecule has 10 heteroatoms. The number of aromatic nitrogens is 3. The fraction of sp³-hybridized carbons (Fsp3) is 0.375. The van der Waals surface area contributed by atoms with Gasteiger partial charge in [0.05, 0.1) is 17.8 Å². The molecule has 4 rings (SSSR count). The number of carbonyl (C=O) groups excluding carboxylic acids is 1. The maximum absolute atomic E-state index is 12.4. The molecule has 1 aromatic carbocycles. The van der Waals surface area contributed by atoms with Crippen LogP contribution in [0.25, 0.3) is 0 Å². The largest absolute Gasteiger partial charge is 0.481 e. The first-order chi connectivity index (χ1) is 16.4. The van der Waals surface area contributed by atoms with Crippen LogP contribution in [-0.2, 0) is 4.79 Å². The highest BCUT2D eigenvalue weighted by Crippen LogP contribution is 2.27. The summed E-state index contributed by atoms with van der Waals surface area (Å²) in [7, 11) is 0. The Morgan fingerprint density at radius 2 is 1.74 bits per heavy atom. The van der Waals surface area contributed by atoms with E-state index >= 15 is 0 Å². The standard InChI is InChI=1S/C24H27N5O5/c1-14(2)15-3-7-17(8-4-15)27-24-29-28-22(34-24)21(30)26-18-9-12-20(25-13-18)33-19-10-5-16(6-11-19)23(31)32/h3-4,7-9,12-14,16,19H,5-6,10-11H2,1-2H3,(H,26,30)(H,27,29)(H,31,32)/t16-,19-. The Kier molecular flexibility index (Phi) is 7.05. The number of rotatable bonds is 8. The average Bonchev–Trinajstić information content (AvgIpc) is 3.30. The molecule has 10 nitrogen and oxygen atoms in total. The van der Waals surface area contributed by atoms with Crippen LogP contribution < -0.4 is 15.4 Å². The second kappa shape index (κ2) is 10.3. The zero-order valence-electron chi connectivity index (χ0n) is 19.0. The number of hydrogen-bond acceptors (Lipinski definition) is 8. The summed E-state index contributed by atoms with van der Waals surface area (Å²) in [5.74, 6) is -0.932. The van der Waals surface area contributed by atoms with Crippen LogP contribution in [0.2, 0.25) is 0 Å². The maximum Gasteiger partial charge on any atom is 0.320 e. The number of carboxylic acid groups (broad SMARTS) is 1. The number of hydrogen-bond donors (Lipinski definition) is 3. The molecule has 0 unspecified atom stereocenters. The summed E-state index contributed by atoms with van der Waals surface area (Å²) in [6.07, 6.45) is 3.95. The highest BCUT2D eigenvalue weighted by atomic mass is 16.5. The molecular formula is C24H27N5O5. The average molecular weight is 466 g/mol. The zero-order valence-corrected chi connectivity index (χ0v) is 19.0. The summed E-state index contributed by atoms with van der Waals surface area (Å²) in [6, 6.07) is 11.3. The van der Waals surface area contributed by atoms with Crippen LogP contribution in [0.15, 0.2) is 47.0 Å². The van der Waals surface area contributed by atoms with E-state index < -0.39 is 11.9 Å². The Bertz CT molecular complexity index is 1120. The van der Waals surface area contributed by atoms with Gasteiger partial charge in [0.25, 0.3) is 0 Å². The molecule has 0 saturated heterocycles. The van der Waals surface area contributed by atoms with Crippen LogP contribution in [0.4, 0.5) is 17.4 Å². The number of carboxylic acids is 1. The molecule has 0 spiro atoms. The topological polar surface area (TPSA) is 139 Å². The first kappa shape index (κ1) is 23.2. The minimum absolute atomic E-state index is 0.0607. The molecule has 1 aliphatic carbocycles. The number of anilines is 3. The fourth-order valence-electron chi connectivity index (χ4n) is 3.75. The van der Waals surface area contributed by atoms with E-state index in [1.807, 2.05) is 24.3 Å². The first-order valence-corrected chi connectivity index (χ1v) is 11.2. The van der Waals surface area contributed by atoms with Gasteiger partial charge in [0.1, 0.15) is 6.10 Å². The monoisotopic (exact) mass is 465 g/mol. The van der Waals surface area contributed by atoms with E-state index in [1.165, 1.54) is 11.8 Å². The van der Waals surface area contributed by atoms with Crippen molar-refractivity contribution in [1.82, 2.24) is 15.2 Å². The lowest BCUT2D eigenvalue weighted by Crippen LogP contribution is -2.28. The van der Waals surface area contributed by atoms with Crippen molar-refractivity contribution in [2.45, 2.75) is 51.6 Å². The Labute approximate surface area is 196 Å². The van der Waals surface area contributed by atoms with Crippen LogP contribution in [-0.4, -0.2) is 38.3 Å². The molecular weight excluding hydrogens is 438 g/mol. The molecule has 0 aliphatic heterocycles. The number of nitrogens with one attached hydrogen (secondary N) is 2. The van der Waals surface area contributed by atoms with Crippen molar-refractivity contribution >= 4 is 29.3 Å². The van der Waals surface area contributed by atoms with Crippen molar-refractivity contribution in [2.75, 3.05) is 10.6 Å². The lowest BCUT2D eigenvalue weighted by Gasteiger charge is -2.26. The van der Waals surface area contributed by atoms with Gasteiger partial charge in [0.2, 0.25) is 5.88 Å². The minimum Gasteiger partial charge on any atom is -0.481 e. The second-order valence-electron chi connectivity index (χ2n) is 8.58. The van der Waals surface area contributed by atoms with Gasteiger partial charge in [-0.05, 0) is 55.4 Å². The van der Waals surface area contributed by atoms with E-state index in [0.29, 0.717) is 43.2 Å². The van der Waals surface area contributed by atoms with Crippen molar-refractivity contribution in [3.05, 3.63) is 54.0 Å². The van der Waals surface area contributed by atoms with Gasteiger partial charge in [0.15, 0.2) is 0 Å². The number of aliphatic carboxylic acids is 1. The van der Waals surface area contributed by atoms with E-state index in [4.69, 9.17) is 14.3 Å². The highest BCUT2D eigenvalue weighted by Gasteiger charge is 2.27. The van der Waals surface area contributed by atoms with E-state index in [9.17, 15) is 9.59 Å². The zero-order chi connectivity index (χ0) is 24.1. The van der Waals surface area contributed by atoms with Gasteiger partial charge >= 0.3 is 23.8 Å². The van der Waals surface area contributed by atoms with Crippen LogP contribution in [0.1, 0.15) is 61.7 Å². The van der Waals surface area contributed by atoms with Crippen LogP contribution >= 0.6 is 0 Å². The number of carbonyl (C=O) groups is 2. The van der Waals surface area contributed by atoms with Crippen molar-refractivity contribution in [1.29, 1.82) is 0 Å². The summed E-state index contributed by atoms with van der Waals surface area (Å²) in [6.45, 7) is 4.24. The number of benzene rings is 1. The summed E-state index contributed by atoms with van der Waals surface area (Å²) < 4.78 is 11.3. The number of amides is 1. The van der Waals surface area contributed by atoms with Crippen molar-refractivity contribution in [2.24, 2.45) is 5.92 Å². The predicted molar refractivity (Wildman–Crippen MR) is 124 cm³/mol. The van der Waals surface area contributed by atoms with E-state index in [1.54, 1.807) is 12.1 Å². The summed E-state index contributed by atoms with van der Waals surface area (Å²) in [5, 5.41) is 22.4. The van der Waals surface area contributed by atoms with Crippen molar-refractivity contribution in [3.63, 3.8) is 0 Å². The Balaban J connectivity index is 1.28. The van der Waals surface area contributed by atoms with E-state index in [2.05, 4.69) is 39.7 Å². The molecule has 1 amide bonds. The van der Waals surface area contributed by atoms with Crippen molar-refractivity contribution in [3.8, 4) is 5.88 Å². The molecule has 0 radical (unpaired) electrons. The van der Waals surface area contributed by atoms with Gasteiger partial charge < -0.3 is 24.9 Å². The SMILES string of the molecule is CC(C)c1ccc(Nc2nnc(C(=O)Nc3ccc(O[C@H]4CC[C@H](C(=O)O)CC4)nc3)o2)cc1. The summed E-state index contributed by atoms with van der Waals surface area (Å²) in [5.41, 5.74) is 2.44. The molecule has 1 fully saturated rings. The number of nitrogens with zero attached hydrogens (tertiary/aromatic N) is 3. The van der Waals surface area contributed by atoms with Gasteiger partial charge in [-0.2, -0.15) is 0 Å². The predicted octanol–water partition coefficient (Wildman–Crippen LogP) is 4.61. The molecule has 0 bridgehead atoms. The number of pyridine rings is 1. The summed E-state index contributed by atoms with van der Waals surface area (Å²) >= 11 is 0. The lowest BCUT2D eigenvalue weighted by molar-refractivity contribution is -0.143. The van der Waals surface area contributed by atoms with Crippen LogP contribution in [0.3, 0.4) is 0 Å². The first-order valence-electron chi connectivity index (χ1n) is 11.2. The highest BCUT2D eigenvalue weighted by molar-refractivity contribution is 6.00. The third-order valence-electron chi connectivity index (χ3n) is 5.75. The fourth-order valence-corrected chi connectivity index (χ4v) is 3.75. The Hall–Kier alpha value is -3.95. The van der Waals surface area contributed by atoms with Crippen LogP contribution in [0, 0.1) is 5.92 Å². The van der Waals surface area contributed by atoms with Gasteiger partial charge in [-0.15, -0.1) is 5.10 Å². The smallest absolute Gasteiger partial charge is 0.320 e.